The predicted molar refractivity (Wildman–Crippen MR) is 81.5 cm³/mol. The highest BCUT2D eigenvalue weighted by atomic mass is 32.2. The fourth-order valence-corrected chi connectivity index (χ4v) is 2.87. The highest BCUT2D eigenvalue weighted by molar-refractivity contribution is 7.90. The van der Waals surface area contributed by atoms with Gasteiger partial charge in [-0.1, -0.05) is 24.3 Å². The van der Waals surface area contributed by atoms with Gasteiger partial charge < -0.3 is 15.2 Å². The number of para-hydroxylation sites is 2. The molecule has 21 heavy (non-hydrogen) atoms. The second-order valence-corrected chi connectivity index (χ2v) is 6.57. The molecule has 0 atom stereocenters. The van der Waals surface area contributed by atoms with Gasteiger partial charge in [-0.15, -0.1) is 0 Å². The lowest BCUT2D eigenvalue weighted by Gasteiger charge is -2.13. The molecule has 5 nitrogen and oxygen atoms in total. The standard InChI is InChI=1S/C15H17NO4S/c1-20-13-8-5-6-11(15(13)17)10-16-12-7-3-4-9-14(12)21(2,18)19/h3-9,16-17H,10H2,1-2H3. The van der Waals surface area contributed by atoms with Crippen LogP contribution in [-0.2, 0) is 16.4 Å². The van der Waals surface area contributed by atoms with E-state index in [1.807, 2.05) is 0 Å². The molecule has 6 heteroatoms. The van der Waals surface area contributed by atoms with Crippen LogP contribution in [-0.4, -0.2) is 26.9 Å². The van der Waals surface area contributed by atoms with E-state index in [0.717, 1.165) is 6.26 Å². The first-order valence-corrected chi connectivity index (χ1v) is 8.20. The number of rotatable bonds is 5. The molecule has 0 aromatic heterocycles. The van der Waals surface area contributed by atoms with E-state index in [1.54, 1.807) is 42.5 Å². The minimum Gasteiger partial charge on any atom is -0.504 e. The number of methoxy groups -OCH3 is 1. The van der Waals surface area contributed by atoms with Crippen molar-refractivity contribution in [3.8, 4) is 11.5 Å². The van der Waals surface area contributed by atoms with Crippen LogP contribution in [0.25, 0.3) is 0 Å². The Bertz CT molecular complexity index is 741. The van der Waals surface area contributed by atoms with Crippen LogP contribution in [0.1, 0.15) is 5.56 Å². The number of sulfone groups is 1. The van der Waals surface area contributed by atoms with E-state index in [1.165, 1.54) is 7.11 Å². The smallest absolute Gasteiger partial charge is 0.177 e. The summed E-state index contributed by atoms with van der Waals surface area (Å²) in [4.78, 5) is 0.229. The molecule has 0 aliphatic carbocycles. The number of phenolic OH excluding ortho intramolecular Hbond substituents is 1. The van der Waals surface area contributed by atoms with E-state index in [0.29, 0.717) is 17.0 Å². The Morgan fingerprint density at radius 2 is 1.86 bits per heavy atom. The molecule has 0 aliphatic heterocycles. The number of benzene rings is 2. The third-order valence-electron chi connectivity index (χ3n) is 3.06. The van der Waals surface area contributed by atoms with Gasteiger partial charge in [-0.3, -0.25) is 0 Å². The van der Waals surface area contributed by atoms with Crippen molar-refractivity contribution in [3.63, 3.8) is 0 Å². The fourth-order valence-electron chi connectivity index (χ4n) is 2.00. The Morgan fingerprint density at radius 3 is 2.52 bits per heavy atom. The Labute approximate surface area is 124 Å². The molecule has 0 bridgehead atoms. The molecular weight excluding hydrogens is 290 g/mol. The maximum Gasteiger partial charge on any atom is 0.177 e. The van der Waals surface area contributed by atoms with Crippen LogP contribution < -0.4 is 10.1 Å². The highest BCUT2D eigenvalue weighted by Gasteiger charge is 2.13. The van der Waals surface area contributed by atoms with Crippen molar-refractivity contribution in [2.24, 2.45) is 0 Å². The van der Waals surface area contributed by atoms with E-state index in [2.05, 4.69) is 5.32 Å². The quantitative estimate of drug-likeness (QED) is 0.887. The van der Waals surface area contributed by atoms with Crippen molar-refractivity contribution < 1.29 is 18.3 Å². The van der Waals surface area contributed by atoms with Crippen molar-refractivity contribution in [1.29, 1.82) is 0 Å². The van der Waals surface area contributed by atoms with Crippen molar-refractivity contribution in [2.75, 3.05) is 18.7 Å². The van der Waals surface area contributed by atoms with E-state index >= 15 is 0 Å². The van der Waals surface area contributed by atoms with Gasteiger partial charge >= 0.3 is 0 Å². The van der Waals surface area contributed by atoms with Gasteiger partial charge in [0, 0.05) is 18.4 Å². The zero-order chi connectivity index (χ0) is 15.5. The molecule has 2 aromatic carbocycles. The molecule has 0 fully saturated rings. The van der Waals surface area contributed by atoms with Crippen LogP contribution in [0.3, 0.4) is 0 Å². The lowest BCUT2D eigenvalue weighted by molar-refractivity contribution is 0.371. The molecule has 2 aromatic rings. The number of hydrogen-bond acceptors (Lipinski definition) is 5. The van der Waals surface area contributed by atoms with Gasteiger partial charge in [0.05, 0.1) is 17.7 Å². The van der Waals surface area contributed by atoms with E-state index in [-0.39, 0.29) is 17.2 Å². The number of anilines is 1. The lowest BCUT2D eigenvalue weighted by Crippen LogP contribution is -2.06. The summed E-state index contributed by atoms with van der Waals surface area (Å²) < 4.78 is 28.5. The van der Waals surface area contributed by atoms with E-state index < -0.39 is 9.84 Å². The Hall–Kier alpha value is -2.21. The van der Waals surface area contributed by atoms with Crippen LogP contribution in [0.15, 0.2) is 47.4 Å². The summed E-state index contributed by atoms with van der Waals surface area (Å²) in [5.41, 5.74) is 1.12. The molecule has 0 unspecified atom stereocenters. The number of ether oxygens (including phenoxy) is 1. The van der Waals surface area contributed by atoms with Gasteiger partial charge in [-0.2, -0.15) is 0 Å². The SMILES string of the molecule is COc1cccc(CNc2ccccc2S(C)(=O)=O)c1O. The van der Waals surface area contributed by atoms with Gasteiger partial charge in [-0.25, -0.2) is 8.42 Å². The van der Waals surface area contributed by atoms with Gasteiger partial charge in [0.2, 0.25) is 0 Å². The van der Waals surface area contributed by atoms with Crippen LogP contribution in [0.5, 0.6) is 11.5 Å². The molecule has 0 heterocycles. The Kier molecular flexibility index (Phi) is 4.37. The van der Waals surface area contributed by atoms with E-state index in [4.69, 9.17) is 4.74 Å². The number of phenols is 1. The number of nitrogens with one attached hydrogen (secondary N) is 1. The normalized spacial score (nSPS) is 11.1. The van der Waals surface area contributed by atoms with Gasteiger partial charge in [-0.05, 0) is 18.2 Å². The van der Waals surface area contributed by atoms with E-state index in [9.17, 15) is 13.5 Å². The van der Waals surface area contributed by atoms with Crippen molar-refractivity contribution in [2.45, 2.75) is 11.4 Å². The number of aromatic hydroxyl groups is 1. The van der Waals surface area contributed by atoms with Gasteiger partial charge in [0.1, 0.15) is 0 Å². The summed E-state index contributed by atoms with van der Waals surface area (Å²) in [5, 5.41) is 13.0. The minimum atomic E-state index is -3.31. The fraction of sp³-hybridized carbons (Fsp3) is 0.200. The number of hydrogen-bond donors (Lipinski definition) is 2. The Balaban J connectivity index is 2.26. The molecule has 0 saturated heterocycles. The third-order valence-corrected chi connectivity index (χ3v) is 4.21. The maximum atomic E-state index is 11.7. The summed E-state index contributed by atoms with van der Waals surface area (Å²) in [7, 11) is -1.83. The molecule has 0 spiro atoms. The third kappa shape index (κ3) is 3.46. The van der Waals surface area contributed by atoms with Crippen LogP contribution in [0.2, 0.25) is 0 Å². The molecule has 2 rings (SSSR count). The van der Waals surface area contributed by atoms with Crippen LogP contribution in [0.4, 0.5) is 5.69 Å². The first-order valence-electron chi connectivity index (χ1n) is 6.31. The minimum absolute atomic E-state index is 0.0457. The maximum absolute atomic E-state index is 11.7. The van der Waals surface area contributed by atoms with Gasteiger partial charge in [0.15, 0.2) is 21.3 Å². The largest absolute Gasteiger partial charge is 0.504 e. The summed E-state index contributed by atoms with van der Waals surface area (Å²) >= 11 is 0. The molecule has 0 saturated carbocycles. The molecule has 112 valence electrons. The van der Waals surface area contributed by atoms with Gasteiger partial charge in [0.25, 0.3) is 0 Å². The van der Waals surface area contributed by atoms with Crippen LogP contribution in [0, 0.1) is 0 Å². The average Bonchev–Trinajstić information content (AvgIpc) is 2.45. The topological polar surface area (TPSA) is 75.6 Å². The molecule has 0 radical (unpaired) electrons. The zero-order valence-electron chi connectivity index (χ0n) is 11.8. The molecule has 0 amide bonds. The second-order valence-electron chi connectivity index (χ2n) is 4.59. The summed E-state index contributed by atoms with van der Waals surface area (Å²) in [6.07, 6.45) is 1.16. The lowest BCUT2D eigenvalue weighted by atomic mass is 10.2. The van der Waals surface area contributed by atoms with Crippen molar-refractivity contribution in [1.82, 2.24) is 0 Å². The summed E-state index contributed by atoms with van der Waals surface area (Å²) in [6.45, 7) is 0.287. The molecular formula is C15H17NO4S. The predicted octanol–water partition coefficient (Wildman–Crippen LogP) is 2.42. The molecule has 2 N–H and O–H groups in total. The monoisotopic (exact) mass is 307 g/mol. The zero-order valence-corrected chi connectivity index (χ0v) is 12.6. The second kappa shape index (κ2) is 6.05. The Morgan fingerprint density at radius 1 is 1.14 bits per heavy atom. The highest BCUT2D eigenvalue weighted by Crippen LogP contribution is 2.30. The summed E-state index contributed by atoms with van der Waals surface area (Å²) in [5.74, 6) is 0.426. The average molecular weight is 307 g/mol. The first-order chi connectivity index (χ1) is 9.93. The summed E-state index contributed by atoms with van der Waals surface area (Å²) in [6, 6.07) is 11.8. The van der Waals surface area contributed by atoms with Crippen molar-refractivity contribution in [3.05, 3.63) is 48.0 Å². The van der Waals surface area contributed by atoms with Crippen LogP contribution >= 0.6 is 0 Å². The van der Waals surface area contributed by atoms with Crippen molar-refractivity contribution >= 4 is 15.5 Å². The first kappa shape index (κ1) is 15.2. The molecule has 0 aliphatic rings.